The molecule has 0 spiro atoms. The molecule has 0 saturated heterocycles. The van der Waals surface area contributed by atoms with Crippen molar-refractivity contribution in [3.63, 3.8) is 0 Å². The molecule has 0 bridgehead atoms. The van der Waals surface area contributed by atoms with Crippen LogP contribution in [0.15, 0.2) is 53.1 Å². The third-order valence-corrected chi connectivity index (χ3v) is 4.73. The van der Waals surface area contributed by atoms with Gasteiger partial charge in [0.25, 0.3) is 5.91 Å². The lowest BCUT2D eigenvalue weighted by atomic mass is 10.2. The van der Waals surface area contributed by atoms with E-state index in [0.717, 1.165) is 0 Å². The molecule has 2 heterocycles. The van der Waals surface area contributed by atoms with Crippen molar-refractivity contribution in [1.29, 1.82) is 0 Å². The Balaban J connectivity index is 1.60. The summed E-state index contributed by atoms with van der Waals surface area (Å²) in [5.74, 6) is -2.84. The van der Waals surface area contributed by atoms with Crippen LogP contribution >= 0.6 is 0 Å². The van der Waals surface area contributed by atoms with E-state index in [0.29, 0.717) is 17.9 Å². The summed E-state index contributed by atoms with van der Waals surface area (Å²) in [4.78, 5) is 34.0. The van der Waals surface area contributed by atoms with E-state index in [1.165, 1.54) is 24.4 Å². The number of amides is 1. The number of carbonyl (C=O) groups is 2. The first-order valence-corrected chi connectivity index (χ1v) is 11.2. The third-order valence-electron chi connectivity index (χ3n) is 4.73. The molecule has 37 heavy (non-hydrogen) atoms. The van der Waals surface area contributed by atoms with Gasteiger partial charge in [-0.05, 0) is 45.0 Å². The molecule has 1 N–H and O–H groups in total. The predicted molar refractivity (Wildman–Crippen MR) is 129 cm³/mol. The lowest BCUT2D eigenvalue weighted by Crippen LogP contribution is -2.28. The van der Waals surface area contributed by atoms with Gasteiger partial charge in [-0.2, -0.15) is 13.2 Å². The number of nitrogens with one attached hydrogen (secondary N) is 1. The van der Waals surface area contributed by atoms with Crippen LogP contribution in [-0.4, -0.2) is 54.3 Å². The molecule has 0 unspecified atom stereocenters. The van der Waals surface area contributed by atoms with E-state index in [1.54, 1.807) is 57.0 Å². The topological polar surface area (TPSA) is 107 Å². The highest BCUT2D eigenvalue weighted by Gasteiger charge is 2.42. The summed E-state index contributed by atoms with van der Waals surface area (Å²) in [6.45, 7) is 5.74. The Morgan fingerprint density at radius 3 is 2.38 bits per heavy atom. The van der Waals surface area contributed by atoms with E-state index in [9.17, 15) is 22.8 Å². The number of rotatable bonds is 9. The van der Waals surface area contributed by atoms with Gasteiger partial charge in [-0.15, -0.1) is 0 Å². The van der Waals surface area contributed by atoms with Gasteiger partial charge in [0, 0.05) is 19.2 Å². The first-order chi connectivity index (χ1) is 17.3. The van der Waals surface area contributed by atoms with Gasteiger partial charge in [0.2, 0.25) is 11.7 Å². The van der Waals surface area contributed by atoms with E-state index < -0.39 is 35.1 Å². The van der Waals surface area contributed by atoms with Crippen LogP contribution in [0.4, 0.5) is 24.7 Å². The lowest BCUT2D eigenvalue weighted by Gasteiger charge is -2.20. The maximum atomic E-state index is 13.5. The van der Waals surface area contributed by atoms with Crippen LogP contribution in [0.3, 0.4) is 0 Å². The number of oxazole rings is 1. The minimum atomic E-state index is -4.91. The number of aromatic nitrogens is 2. The second kappa shape index (κ2) is 11.4. The Bertz CT molecular complexity index is 1210. The third kappa shape index (κ3) is 8.04. The molecule has 0 aliphatic rings. The Labute approximate surface area is 211 Å². The highest BCUT2D eigenvalue weighted by atomic mass is 19.4. The van der Waals surface area contributed by atoms with Crippen LogP contribution in [-0.2, 0) is 20.4 Å². The fourth-order valence-corrected chi connectivity index (χ4v) is 3.09. The first-order valence-electron chi connectivity index (χ1n) is 11.2. The Morgan fingerprint density at radius 1 is 1.08 bits per heavy atom. The number of pyridine rings is 1. The smallest absolute Gasteiger partial charge is 0.452 e. The molecule has 0 radical (unpaired) electrons. The molecular formula is C25H27F3N4O5. The number of anilines is 2. The summed E-state index contributed by atoms with van der Waals surface area (Å²) >= 11 is 0. The molecule has 2 aromatic heterocycles. The monoisotopic (exact) mass is 520 g/mol. The number of hydrogen-bond acceptors (Lipinski definition) is 8. The highest BCUT2D eigenvalue weighted by molar-refractivity contribution is 6.04. The zero-order valence-corrected chi connectivity index (χ0v) is 20.8. The van der Waals surface area contributed by atoms with Gasteiger partial charge >= 0.3 is 12.1 Å². The molecule has 1 amide bonds. The molecule has 0 aliphatic heterocycles. The summed E-state index contributed by atoms with van der Waals surface area (Å²) < 4.78 is 55.9. The van der Waals surface area contributed by atoms with Gasteiger partial charge in [0.15, 0.2) is 5.69 Å². The van der Waals surface area contributed by atoms with Gasteiger partial charge in [0.1, 0.15) is 18.0 Å². The van der Waals surface area contributed by atoms with Crippen molar-refractivity contribution >= 4 is 23.4 Å². The lowest BCUT2D eigenvalue weighted by molar-refractivity contribution is -0.160. The van der Waals surface area contributed by atoms with Gasteiger partial charge in [0.05, 0.1) is 18.5 Å². The van der Waals surface area contributed by atoms with Crippen molar-refractivity contribution < 1.29 is 36.7 Å². The summed E-state index contributed by atoms with van der Waals surface area (Å²) in [5, 5.41) is 2.37. The van der Waals surface area contributed by atoms with Crippen LogP contribution in [0.2, 0.25) is 0 Å². The number of carbonyl (C=O) groups excluding carboxylic acids is 2. The second-order valence-corrected chi connectivity index (χ2v) is 8.98. The van der Waals surface area contributed by atoms with E-state index in [4.69, 9.17) is 13.9 Å². The number of likely N-dealkylation sites (N-methyl/N-ethyl adjacent to an activating group) is 1. The summed E-state index contributed by atoms with van der Waals surface area (Å²) in [5.41, 5.74) is -1.00. The minimum Gasteiger partial charge on any atom is -0.458 e. The Morgan fingerprint density at radius 2 is 1.78 bits per heavy atom. The SMILES string of the molecule is CN(CCOCC(=O)OC(C)(C)C)c1ccc(NC(=O)c2nc(-c3ccccc3)oc2C(F)(F)F)cn1. The van der Waals surface area contributed by atoms with Gasteiger partial charge in [-0.1, -0.05) is 18.2 Å². The number of ether oxygens (including phenoxy) is 2. The quantitative estimate of drug-likeness (QED) is 0.317. The number of halogens is 3. The summed E-state index contributed by atoms with van der Waals surface area (Å²) in [6.07, 6.45) is -3.61. The van der Waals surface area contributed by atoms with Crippen molar-refractivity contribution in [1.82, 2.24) is 9.97 Å². The first kappa shape index (κ1) is 27.7. The molecule has 198 valence electrons. The van der Waals surface area contributed by atoms with Crippen molar-refractivity contribution in [2.24, 2.45) is 0 Å². The van der Waals surface area contributed by atoms with Gasteiger partial charge in [-0.25, -0.2) is 14.8 Å². The molecule has 3 rings (SSSR count). The standard InChI is InChI=1S/C25H27F3N4O5/c1-24(2,3)37-19(33)15-35-13-12-32(4)18-11-10-17(14-29-18)30-22(34)20-21(25(26,27)28)36-23(31-20)16-8-6-5-7-9-16/h5-11,14H,12-13,15H2,1-4H3,(H,30,34). The van der Waals surface area contributed by atoms with Crippen molar-refractivity contribution in [3.8, 4) is 11.5 Å². The van der Waals surface area contributed by atoms with Crippen LogP contribution in [0.5, 0.6) is 0 Å². The number of esters is 1. The van der Waals surface area contributed by atoms with Gasteiger partial charge in [-0.3, -0.25) is 4.79 Å². The molecule has 12 heteroatoms. The molecule has 1 aromatic carbocycles. The van der Waals surface area contributed by atoms with Crippen LogP contribution in [0.1, 0.15) is 37.0 Å². The maximum Gasteiger partial charge on any atom is 0.452 e. The number of benzene rings is 1. The van der Waals surface area contributed by atoms with Crippen LogP contribution in [0, 0.1) is 0 Å². The zero-order valence-electron chi connectivity index (χ0n) is 20.8. The van der Waals surface area contributed by atoms with E-state index in [-0.39, 0.29) is 24.8 Å². The normalized spacial score (nSPS) is 11.8. The highest BCUT2D eigenvalue weighted by Crippen LogP contribution is 2.35. The molecule has 0 fully saturated rings. The average Bonchev–Trinajstić information content (AvgIpc) is 3.28. The number of hydrogen-bond donors (Lipinski definition) is 1. The molecule has 3 aromatic rings. The molecule has 0 saturated carbocycles. The van der Waals surface area contributed by atoms with Crippen molar-refractivity contribution in [2.75, 3.05) is 37.0 Å². The Hall–Kier alpha value is -3.93. The fourth-order valence-electron chi connectivity index (χ4n) is 3.09. The fraction of sp³-hybridized carbons (Fsp3) is 0.360. The van der Waals surface area contributed by atoms with E-state index in [2.05, 4.69) is 15.3 Å². The predicted octanol–water partition coefficient (Wildman–Crippen LogP) is 4.80. The van der Waals surface area contributed by atoms with Crippen LogP contribution < -0.4 is 10.2 Å². The number of alkyl halides is 3. The van der Waals surface area contributed by atoms with Crippen molar-refractivity contribution in [3.05, 3.63) is 60.1 Å². The molecule has 9 nitrogen and oxygen atoms in total. The minimum absolute atomic E-state index is 0.167. The van der Waals surface area contributed by atoms with Crippen molar-refractivity contribution in [2.45, 2.75) is 32.5 Å². The van der Waals surface area contributed by atoms with E-state index >= 15 is 0 Å². The second-order valence-electron chi connectivity index (χ2n) is 8.98. The summed E-state index contributed by atoms with van der Waals surface area (Å²) in [6, 6.07) is 11.0. The largest absolute Gasteiger partial charge is 0.458 e. The molecule has 0 atom stereocenters. The number of nitrogens with zero attached hydrogens (tertiary/aromatic N) is 3. The Kier molecular flexibility index (Phi) is 8.53. The summed E-state index contributed by atoms with van der Waals surface area (Å²) in [7, 11) is 1.74. The van der Waals surface area contributed by atoms with Crippen LogP contribution in [0.25, 0.3) is 11.5 Å². The average molecular weight is 521 g/mol. The molecule has 0 aliphatic carbocycles. The van der Waals surface area contributed by atoms with Gasteiger partial charge < -0.3 is 24.1 Å². The molecular weight excluding hydrogens is 493 g/mol. The maximum absolute atomic E-state index is 13.5. The van der Waals surface area contributed by atoms with E-state index in [1.807, 2.05) is 0 Å². The zero-order chi connectivity index (χ0) is 27.2.